The molecule has 2 aliphatic rings. The van der Waals surface area contributed by atoms with E-state index in [4.69, 9.17) is 0 Å². The number of hydrogen-bond acceptors (Lipinski definition) is 4. The number of fused-ring (bicyclic) bond motifs is 1. The van der Waals surface area contributed by atoms with Gasteiger partial charge in [-0.2, -0.15) is 13.2 Å². The molecule has 1 fully saturated rings. The van der Waals surface area contributed by atoms with Gasteiger partial charge in [-0.1, -0.05) is 31.9 Å². The minimum absolute atomic E-state index is 0.0289. The Kier molecular flexibility index (Phi) is 9.29. The van der Waals surface area contributed by atoms with Crippen molar-refractivity contribution in [2.24, 2.45) is 9.98 Å². The molecule has 6 nitrogen and oxygen atoms in total. The molecule has 1 aliphatic carbocycles. The molecule has 2 aromatic heterocycles. The topological polar surface area (TPSA) is 58.6 Å². The maximum absolute atomic E-state index is 13.4. The highest BCUT2D eigenvalue weighted by atomic mass is 19.4. The van der Waals surface area contributed by atoms with Crippen molar-refractivity contribution in [1.82, 2.24) is 14.5 Å². The Labute approximate surface area is 239 Å². The average molecular weight is 573 g/mol. The fraction of sp³-hybridized carbons (Fsp3) is 0.484. The van der Waals surface area contributed by atoms with Crippen LogP contribution in [-0.2, 0) is 12.1 Å². The van der Waals surface area contributed by atoms with Gasteiger partial charge in [-0.25, -0.2) is 9.38 Å². The van der Waals surface area contributed by atoms with Crippen LogP contribution in [0.5, 0.6) is 0 Å². The van der Waals surface area contributed by atoms with Crippen LogP contribution in [0.2, 0.25) is 0 Å². The van der Waals surface area contributed by atoms with Gasteiger partial charge >= 0.3 is 6.18 Å². The molecule has 3 heterocycles. The number of hydrogen-bond donors (Lipinski definition) is 2. The minimum atomic E-state index is -4.37. The predicted molar refractivity (Wildman–Crippen MR) is 161 cm³/mol. The number of alkyl halides is 4. The Morgan fingerprint density at radius 2 is 1.83 bits per heavy atom. The molecule has 1 aliphatic heterocycles. The number of benzene rings is 1. The number of nitrogens with one attached hydrogen (secondary N) is 2. The summed E-state index contributed by atoms with van der Waals surface area (Å²) >= 11 is 0. The molecule has 0 unspecified atom stereocenters. The van der Waals surface area contributed by atoms with Crippen molar-refractivity contribution in [3.8, 4) is 0 Å². The zero-order valence-corrected chi connectivity index (χ0v) is 24.3. The fourth-order valence-electron chi connectivity index (χ4n) is 5.01. The van der Waals surface area contributed by atoms with Gasteiger partial charge in [0.2, 0.25) is 0 Å². The Bertz CT molecular complexity index is 1410. The van der Waals surface area contributed by atoms with Crippen molar-refractivity contribution < 1.29 is 17.6 Å². The van der Waals surface area contributed by atoms with Crippen LogP contribution in [0.4, 0.5) is 23.2 Å². The lowest BCUT2D eigenvalue weighted by atomic mass is 9.99. The van der Waals surface area contributed by atoms with Crippen LogP contribution in [0, 0.1) is 0 Å². The number of halogens is 4. The first kappa shape index (κ1) is 30.4. The molecule has 3 aromatic rings. The summed E-state index contributed by atoms with van der Waals surface area (Å²) in [7, 11) is 1.74. The van der Waals surface area contributed by atoms with E-state index >= 15 is 0 Å². The first-order valence-electron chi connectivity index (χ1n) is 14.1. The molecule has 0 bridgehead atoms. The maximum Gasteiger partial charge on any atom is 0.406 e. The van der Waals surface area contributed by atoms with E-state index in [0.29, 0.717) is 35.5 Å². The Hall–Kier alpha value is -3.56. The lowest BCUT2D eigenvalue weighted by molar-refractivity contribution is -0.139. The van der Waals surface area contributed by atoms with Gasteiger partial charge in [0.15, 0.2) is 5.84 Å². The number of nitrogens with zero attached hydrogens (tertiary/aromatic N) is 4. The van der Waals surface area contributed by atoms with Crippen molar-refractivity contribution in [1.29, 1.82) is 0 Å². The Morgan fingerprint density at radius 3 is 2.41 bits per heavy atom. The monoisotopic (exact) mass is 572 g/mol. The number of rotatable bonds is 7. The van der Waals surface area contributed by atoms with Crippen molar-refractivity contribution in [2.45, 2.75) is 77.3 Å². The number of aromatic nitrogens is 2. The molecular weight excluding hydrogens is 532 g/mol. The average Bonchev–Trinajstić information content (AvgIpc) is 3.66. The summed E-state index contributed by atoms with van der Waals surface area (Å²) in [6, 6.07) is 8.96. The normalized spacial score (nSPS) is 16.2. The van der Waals surface area contributed by atoms with E-state index in [0.717, 1.165) is 48.3 Å². The highest BCUT2D eigenvalue weighted by molar-refractivity contribution is 6.14. The van der Waals surface area contributed by atoms with Crippen molar-refractivity contribution in [3.05, 3.63) is 60.6 Å². The third-order valence-electron chi connectivity index (χ3n) is 7.31. The van der Waals surface area contributed by atoms with Crippen LogP contribution >= 0.6 is 0 Å². The van der Waals surface area contributed by atoms with E-state index in [1.807, 2.05) is 24.5 Å². The minimum Gasteiger partial charge on any atom is -0.388 e. The second kappa shape index (κ2) is 12.5. The van der Waals surface area contributed by atoms with Gasteiger partial charge in [-0.15, -0.1) is 0 Å². The smallest absolute Gasteiger partial charge is 0.388 e. The lowest BCUT2D eigenvalue weighted by Crippen LogP contribution is -2.23. The van der Waals surface area contributed by atoms with E-state index in [-0.39, 0.29) is 5.54 Å². The van der Waals surface area contributed by atoms with E-state index in [9.17, 15) is 17.6 Å². The predicted octanol–water partition coefficient (Wildman–Crippen LogP) is 7.55. The SMILES string of the molecule is C=C(NCC1=NC(c2cc3c(NC)cccc3n2CC(F)(F)F)=NC1)c1ccn(C(C)(C)C)c1.FC1CCCCC1. The molecule has 10 heteroatoms. The summed E-state index contributed by atoms with van der Waals surface area (Å²) in [4.78, 5) is 9.01. The first-order chi connectivity index (χ1) is 19.4. The summed E-state index contributed by atoms with van der Waals surface area (Å²) in [5, 5.41) is 7.01. The third-order valence-corrected chi connectivity index (χ3v) is 7.31. The van der Waals surface area contributed by atoms with Crippen LogP contribution in [0.1, 0.15) is 64.1 Å². The molecular formula is C31H40F4N6. The summed E-state index contributed by atoms with van der Waals surface area (Å²) in [6.07, 6.45) is 4.32. The van der Waals surface area contributed by atoms with Gasteiger partial charge in [0.05, 0.1) is 30.0 Å². The molecule has 41 heavy (non-hydrogen) atoms. The highest BCUT2D eigenvalue weighted by Gasteiger charge is 2.31. The quantitative estimate of drug-likeness (QED) is 0.287. The van der Waals surface area contributed by atoms with Gasteiger partial charge in [0.1, 0.15) is 12.7 Å². The third kappa shape index (κ3) is 7.80. The van der Waals surface area contributed by atoms with E-state index < -0.39 is 18.9 Å². The van der Waals surface area contributed by atoms with E-state index in [1.54, 1.807) is 25.2 Å². The van der Waals surface area contributed by atoms with Crippen LogP contribution in [0.3, 0.4) is 0 Å². The van der Waals surface area contributed by atoms with Crippen LogP contribution in [0.25, 0.3) is 16.6 Å². The van der Waals surface area contributed by atoms with Gasteiger partial charge in [-0.3, -0.25) is 4.99 Å². The zero-order chi connectivity index (χ0) is 29.8. The summed E-state index contributed by atoms with van der Waals surface area (Å²) in [5.74, 6) is 0.309. The zero-order valence-electron chi connectivity index (χ0n) is 24.3. The molecule has 0 saturated heterocycles. The summed E-state index contributed by atoms with van der Waals surface area (Å²) in [5.41, 5.74) is 4.03. The Morgan fingerprint density at radius 1 is 1.10 bits per heavy atom. The molecule has 1 aromatic carbocycles. The van der Waals surface area contributed by atoms with E-state index in [1.165, 1.54) is 11.0 Å². The van der Waals surface area contributed by atoms with Gasteiger partial charge in [0.25, 0.3) is 0 Å². The van der Waals surface area contributed by atoms with Gasteiger partial charge in [0, 0.05) is 47.3 Å². The second-order valence-electron chi connectivity index (χ2n) is 11.6. The van der Waals surface area contributed by atoms with Gasteiger partial charge in [-0.05, 0) is 57.9 Å². The maximum atomic E-state index is 13.4. The fourth-order valence-corrected chi connectivity index (χ4v) is 5.01. The van der Waals surface area contributed by atoms with Crippen LogP contribution in [0.15, 0.2) is 59.3 Å². The molecule has 0 amide bonds. The lowest BCUT2D eigenvalue weighted by Gasteiger charge is -2.21. The molecule has 222 valence electrons. The Balaban J connectivity index is 0.000000483. The number of amidine groups is 1. The van der Waals surface area contributed by atoms with Crippen LogP contribution in [-0.4, -0.2) is 53.2 Å². The number of aliphatic imine (C=N–C) groups is 2. The first-order valence-corrected chi connectivity index (χ1v) is 14.1. The summed E-state index contributed by atoms with van der Waals surface area (Å²) < 4.78 is 55.7. The van der Waals surface area contributed by atoms with Crippen molar-refractivity contribution in [2.75, 3.05) is 25.5 Å². The molecule has 0 radical (unpaired) electrons. The second-order valence-corrected chi connectivity index (χ2v) is 11.6. The van der Waals surface area contributed by atoms with Gasteiger partial charge < -0.3 is 19.8 Å². The van der Waals surface area contributed by atoms with Crippen molar-refractivity contribution in [3.63, 3.8) is 0 Å². The highest BCUT2D eigenvalue weighted by Crippen LogP contribution is 2.31. The molecule has 5 rings (SSSR count). The molecule has 0 atom stereocenters. The number of anilines is 1. The standard InChI is InChI=1S/C25H29F3N6.C6H11F/c1-16(17-9-10-33(14-17)24(2,3)4)30-12-18-13-31-23(32-18)22-11-19-20(29-5)7-6-8-21(19)34(22)15-25(26,27)28;7-6-4-2-1-3-5-6/h6-11,14,29-30H,1,12-13,15H2,2-5H3;6H,1-5H2. The van der Waals surface area contributed by atoms with Crippen LogP contribution < -0.4 is 10.6 Å². The molecule has 0 spiro atoms. The van der Waals surface area contributed by atoms with E-state index in [2.05, 4.69) is 52.5 Å². The molecule has 1 saturated carbocycles. The molecule has 2 N–H and O–H groups in total. The van der Waals surface area contributed by atoms with Crippen molar-refractivity contribution >= 4 is 33.8 Å². The largest absolute Gasteiger partial charge is 0.406 e. The summed E-state index contributed by atoms with van der Waals surface area (Å²) in [6.45, 7) is 10.1.